The predicted molar refractivity (Wildman–Crippen MR) is 99.9 cm³/mol. The van der Waals surface area contributed by atoms with Crippen molar-refractivity contribution in [2.75, 3.05) is 0 Å². The van der Waals surface area contributed by atoms with Crippen molar-refractivity contribution < 1.29 is 31.9 Å². The number of esters is 1. The first-order valence-corrected chi connectivity index (χ1v) is 10.2. The number of hydrogen-bond donors (Lipinski definition) is 1. The highest BCUT2D eigenvalue weighted by atomic mass is 32.2. The van der Waals surface area contributed by atoms with Gasteiger partial charge in [-0.3, -0.25) is 0 Å². The molecule has 0 spiro atoms. The Morgan fingerprint density at radius 2 is 1.68 bits per heavy atom. The van der Waals surface area contributed by atoms with Gasteiger partial charge in [0, 0.05) is 12.6 Å². The summed E-state index contributed by atoms with van der Waals surface area (Å²) in [5, 5.41) is 1.72. The van der Waals surface area contributed by atoms with Crippen molar-refractivity contribution >= 4 is 21.9 Å². The molecule has 0 bridgehead atoms. The van der Waals surface area contributed by atoms with Gasteiger partial charge in [0.15, 0.2) is 5.03 Å². The zero-order valence-electron chi connectivity index (χ0n) is 16.9. The summed E-state index contributed by atoms with van der Waals surface area (Å²) in [7, 11) is -4.46. The number of rotatable bonds is 6. The van der Waals surface area contributed by atoms with Gasteiger partial charge in [0.2, 0.25) is 15.3 Å². The monoisotopic (exact) mass is 418 g/mol. The average molecular weight is 418 g/mol. The maximum absolute atomic E-state index is 14.7. The topological polar surface area (TPSA) is 112 Å². The van der Waals surface area contributed by atoms with E-state index in [4.69, 9.17) is 9.47 Å². The quantitative estimate of drug-likeness (QED) is 0.707. The van der Waals surface area contributed by atoms with Crippen molar-refractivity contribution in [2.45, 2.75) is 75.7 Å². The van der Waals surface area contributed by atoms with Gasteiger partial charge in [0.05, 0.1) is 0 Å². The Kier molecular flexibility index (Phi) is 7.52. The number of halogens is 1. The predicted octanol–water partition coefficient (Wildman–Crippen LogP) is 2.78. The lowest BCUT2D eigenvalue weighted by Crippen LogP contribution is -2.47. The van der Waals surface area contributed by atoms with Crippen molar-refractivity contribution in [1.82, 2.24) is 10.3 Å². The van der Waals surface area contributed by atoms with E-state index < -0.39 is 56.1 Å². The fourth-order valence-electron chi connectivity index (χ4n) is 2.00. The first-order chi connectivity index (χ1) is 12.6. The average Bonchev–Trinajstić information content (AvgIpc) is 2.51. The van der Waals surface area contributed by atoms with Gasteiger partial charge in [-0.15, -0.1) is 0 Å². The molecule has 1 aromatic rings. The number of hydrogen-bond acceptors (Lipinski definition) is 7. The van der Waals surface area contributed by atoms with Gasteiger partial charge in [-0.25, -0.2) is 27.4 Å². The third kappa shape index (κ3) is 7.79. The lowest BCUT2D eigenvalue weighted by Gasteiger charge is -2.26. The number of carbonyl (C=O) groups is 2. The van der Waals surface area contributed by atoms with Crippen LogP contribution < -0.4 is 5.32 Å². The Morgan fingerprint density at radius 1 is 1.11 bits per heavy atom. The zero-order valence-corrected chi connectivity index (χ0v) is 17.7. The van der Waals surface area contributed by atoms with Crippen LogP contribution >= 0.6 is 0 Å². The van der Waals surface area contributed by atoms with Gasteiger partial charge in [-0.1, -0.05) is 6.07 Å². The van der Waals surface area contributed by atoms with Gasteiger partial charge in [-0.05, 0) is 53.7 Å². The number of nitrogens with one attached hydrogen (secondary N) is 1. The van der Waals surface area contributed by atoms with E-state index in [0.29, 0.717) is 0 Å². The number of pyridine rings is 1. The summed E-state index contributed by atoms with van der Waals surface area (Å²) in [6.45, 7) is 9.60. The molecule has 1 rings (SSSR count). The molecule has 0 aliphatic carbocycles. The molecule has 0 fully saturated rings. The molecule has 1 N–H and O–H groups in total. The summed E-state index contributed by atoms with van der Waals surface area (Å²) < 4.78 is 49.6. The van der Waals surface area contributed by atoms with Crippen LogP contribution in [0.3, 0.4) is 0 Å². The fourth-order valence-corrected chi connectivity index (χ4v) is 3.18. The van der Waals surface area contributed by atoms with Crippen molar-refractivity contribution in [3.8, 4) is 0 Å². The molecule has 8 nitrogen and oxygen atoms in total. The van der Waals surface area contributed by atoms with Crippen molar-refractivity contribution in [2.24, 2.45) is 0 Å². The van der Waals surface area contributed by atoms with E-state index in [0.717, 1.165) is 6.07 Å². The maximum Gasteiger partial charge on any atom is 0.408 e. The number of alkyl halides is 1. The molecule has 0 saturated carbocycles. The van der Waals surface area contributed by atoms with Crippen molar-refractivity contribution in [3.63, 3.8) is 0 Å². The van der Waals surface area contributed by atoms with Crippen LogP contribution in [0.15, 0.2) is 29.4 Å². The van der Waals surface area contributed by atoms with Gasteiger partial charge in [0.25, 0.3) is 0 Å². The van der Waals surface area contributed by atoms with E-state index in [-0.39, 0.29) is 0 Å². The second kappa shape index (κ2) is 8.85. The van der Waals surface area contributed by atoms with E-state index in [1.54, 1.807) is 41.5 Å². The summed E-state index contributed by atoms with van der Waals surface area (Å²) in [6, 6.07) is 2.46. The Labute approximate surface area is 164 Å². The van der Waals surface area contributed by atoms with Crippen LogP contribution in [0, 0.1) is 0 Å². The van der Waals surface area contributed by atoms with Gasteiger partial charge >= 0.3 is 12.1 Å². The fraction of sp³-hybridized carbons (Fsp3) is 0.611. The summed E-state index contributed by atoms with van der Waals surface area (Å²) in [6.07, 6.45) is -0.637. The minimum atomic E-state index is -4.46. The van der Waals surface area contributed by atoms with E-state index in [9.17, 15) is 22.4 Å². The lowest BCUT2D eigenvalue weighted by molar-refractivity contribution is -0.157. The molecule has 0 saturated heterocycles. The molecule has 158 valence electrons. The van der Waals surface area contributed by atoms with Crippen LogP contribution in [0.4, 0.5) is 9.18 Å². The molecule has 0 radical (unpaired) electrons. The third-order valence-electron chi connectivity index (χ3n) is 3.07. The summed E-state index contributed by atoms with van der Waals surface area (Å²) in [5.74, 6) is -0.975. The van der Waals surface area contributed by atoms with Crippen LogP contribution in [0.25, 0.3) is 0 Å². The lowest BCUT2D eigenvalue weighted by atomic mass is 10.1. The highest BCUT2D eigenvalue weighted by Gasteiger charge is 2.37. The Hall–Kier alpha value is -2.23. The first-order valence-electron chi connectivity index (χ1n) is 8.63. The maximum atomic E-state index is 14.7. The van der Waals surface area contributed by atoms with Crippen LogP contribution in [-0.4, -0.2) is 48.2 Å². The zero-order chi connectivity index (χ0) is 21.8. The molecule has 1 amide bonds. The molecule has 28 heavy (non-hydrogen) atoms. The smallest absolute Gasteiger partial charge is 0.408 e. The van der Waals surface area contributed by atoms with E-state index in [1.165, 1.54) is 18.3 Å². The number of sulfone groups is 1. The molecule has 1 aromatic heterocycles. The van der Waals surface area contributed by atoms with Crippen LogP contribution in [0.2, 0.25) is 0 Å². The van der Waals surface area contributed by atoms with E-state index in [1.807, 2.05) is 0 Å². The van der Waals surface area contributed by atoms with Crippen LogP contribution in [0.1, 0.15) is 48.0 Å². The number of alkyl carbamates (subject to hydrolysis) is 1. The minimum Gasteiger partial charge on any atom is -0.458 e. The third-order valence-corrected chi connectivity index (χ3v) is 4.76. The second-order valence-corrected chi connectivity index (χ2v) is 10.1. The summed E-state index contributed by atoms with van der Waals surface area (Å²) >= 11 is 0. The SMILES string of the molecule is CC(C)(C)OC(=O)N[C@@H](CC(F)S(=O)(=O)c1ccccn1)C(=O)OC(C)(C)C. The Bertz CT molecular complexity index is 785. The molecular formula is C18H27FN2O6S. The molecule has 1 unspecified atom stereocenters. The van der Waals surface area contributed by atoms with Gasteiger partial charge < -0.3 is 14.8 Å². The molecule has 0 aliphatic heterocycles. The number of ether oxygens (including phenoxy) is 2. The number of nitrogens with zero attached hydrogens (tertiary/aromatic N) is 1. The number of aromatic nitrogens is 1. The molecule has 10 heteroatoms. The largest absolute Gasteiger partial charge is 0.458 e. The van der Waals surface area contributed by atoms with Crippen LogP contribution in [0.5, 0.6) is 0 Å². The summed E-state index contributed by atoms with van der Waals surface area (Å²) in [5.41, 5.74) is -4.27. The summed E-state index contributed by atoms with van der Waals surface area (Å²) in [4.78, 5) is 28.0. The number of amides is 1. The first kappa shape index (κ1) is 23.8. The molecule has 0 aliphatic rings. The molecule has 1 heterocycles. The van der Waals surface area contributed by atoms with E-state index in [2.05, 4.69) is 10.3 Å². The minimum absolute atomic E-state index is 0.470. The second-order valence-electron chi connectivity index (χ2n) is 8.09. The number of carbonyl (C=O) groups excluding carboxylic acids is 2. The molecule has 2 atom stereocenters. The van der Waals surface area contributed by atoms with E-state index >= 15 is 0 Å². The van der Waals surface area contributed by atoms with Crippen LogP contribution in [-0.2, 0) is 24.1 Å². The Balaban J connectivity index is 3.04. The molecular weight excluding hydrogens is 391 g/mol. The standard InChI is InChI=1S/C18H27FN2O6S/c1-17(2,3)26-15(22)12(21-16(23)27-18(4,5)6)11-13(19)28(24,25)14-9-7-8-10-20-14/h7-10,12-13H,11H2,1-6H3,(H,21,23)/t12-,13?/m0/s1. The molecule has 0 aromatic carbocycles. The highest BCUT2D eigenvalue weighted by Crippen LogP contribution is 2.20. The Morgan fingerprint density at radius 3 is 2.14 bits per heavy atom. The van der Waals surface area contributed by atoms with Gasteiger partial charge in [-0.2, -0.15) is 0 Å². The normalized spacial score (nSPS) is 14.7. The highest BCUT2D eigenvalue weighted by molar-refractivity contribution is 7.91. The van der Waals surface area contributed by atoms with Gasteiger partial charge in [0.1, 0.15) is 17.2 Å². The van der Waals surface area contributed by atoms with Crippen molar-refractivity contribution in [3.05, 3.63) is 24.4 Å². The van der Waals surface area contributed by atoms with Crippen molar-refractivity contribution in [1.29, 1.82) is 0 Å².